The van der Waals surface area contributed by atoms with E-state index < -0.39 is 0 Å². The van der Waals surface area contributed by atoms with Crippen LogP contribution in [0.2, 0.25) is 0 Å². The van der Waals surface area contributed by atoms with Crippen LogP contribution in [0.25, 0.3) is 77.2 Å². The van der Waals surface area contributed by atoms with Gasteiger partial charge in [-0.2, -0.15) is 0 Å². The van der Waals surface area contributed by atoms with Gasteiger partial charge in [0.05, 0.1) is 0 Å². The molecule has 0 radical (unpaired) electrons. The maximum atomic E-state index is 6.65. The minimum absolute atomic E-state index is 0.107. The molecule has 1 aliphatic rings. The molecule has 10 aromatic rings. The molecule has 3 heteroatoms. The summed E-state index contributed by atoms with van der Waals surface area (Å²) in [6.45, 7) is 4.69. The number of pyridine rings is 1. The fraction of sp³-hybridized carbons (Fsp3) is 0.0556. The molecule has 0 aliphatic heterocycles. The van der Waals surface area contributed by atoms with Crippen molar-refractivity contribution in [3.05, 3.63) is 206 Å². The van der Waals surface area contributed by atoms with E-state index in [0.717, 1.165) is 61.3 Å². The molecule has 0 unspecified atom stereocenters. The van der Waals surface area contributed by atoms with Crippen LogP contribution in [0.1, 0.15) is 25.0 Å². The molecule has 0 atom stereocenters. The van der Waals surface area contributed by atoms with Crippen molar-refractivity contribution >= 4 is 49.8 Å². The Kier molecular flexibility index (Phi) is 7.52. The van der Waals surface area contributed by atoms with Gasteiger partial charge in [0.15, 0.2) is 0 Å². The first-order chi connectivity index (χ1) is 28.0. The molecular formula is C54H38N2O. The van der Waals surface area contributed by atoms with Crippen molar-refractivity contribution in [1.82, 2.24) is 4.98 Å². The predicted molar refractivity (Wildman–Crippen MR) is 238 cm³/mol. The van der Waals surface area contributed by atoms with Crippen molar-refractivity contribution in [3.8, 4) is 44.5 Å². The van der Waals surface area contributed by atoms with Gasteiger partial charge in [-0.1, -0.05) is 141 Å². The van der Waals surface area contributed by atoms with Crippen LogP contribution >= 0.6 is 0 Å². The molecule has 3 nitrogen and oxygen atoms in total. The maximum Gasteiger partial charge on any atom is 0.136 e. The molecule has 11 rings (SSSR count). The van der Waals surface area contributed by atoms with Gasteiger partial charge >= 0.3 is 0 Å². The molecule has 0 N–H and O–H groups in total. The van der Waals surface area contributed by atoms with Gasteiger partial charge in [0.2, 0.25) is 0 Å². The predicted octanol–water partition coefficient (Wildman–Crippen LogP) is 14.9. The van der Waals surface area contributed by atoms with Crippen molar-refractivity contribution in [2.45, 2.75) is 19.3 Å². The summed E-state index contributed by atoms with van der Waals surface area (Å²) in [6, 6.07) is 65.7. The standard InChI is InChI=1S/C54H38N2O/c1-54(2)48-19-9-8-16-44(48)45-30-29-41(32-49(45)54)56(39-25-21-36(22-26-39)35-12-4-3-5-13-35)40-27-23-37(24-28-40)47-33-51-53(46-17-7-6-15-43(46)47)52-42(18-10-20-50(52)57-51)38-14-11-31-55-34-38/h3-34H,1-2H3. The Balaban J connectivity index is 1.05. The third-order valence-corrected chi connectivity index (χ3v) is 12.0. The summed E-state index contributed by atoms with van der Waals surface area (Å²) < 4.78 is 6.65. The first-order valence-corrected chi connectivity index (χ1v) is 19.6. The molecule has 2 aromatic heterocycles. The quantitative estimate of drug-likeness (QED) is 0.171. The summed E-state index contributed by atoms with van der Waals surface area (Å²) in [6.07, 6.45) is 3.74. The van der Waals surface area contributed by atoms with Crippen LogP contribution in [-0.2, 0) is 5.41 Å². The van der Waals surface area contributed by atoms with Crippen LogP contribution in [0.4, 0.5) is 17.1 Å². The minimum atomic E-state index is -0.107. The zero-order chi connectivity index (χ0) is 38.1. The van der Waals surface area contributed by atoms with Gasteiger partial charge in [0.1, 0.15) is 11.2 Å². The number of benzene rings is 8. The second kappa shape index (κ2) is 12.9. The van der Waals surface area contributed by atoms with Crippen molar-refractivity contribution in [3.63, 3.8) is 0 Å². The molecule has 0 amide bonds. The summed E-state index contributed by atoms with van der Waals surface area (Å²) in [5.74, 6) is 0. The van der Waals surface area contributed by atoms with Crippen LogP contribution in [0.5, 0.6) is 0 Å². The van der Waals surface area contributed by atoms with E-state index in [-0.39, 0.29) is 5.41 Å². The number of hydrogen-bond donors (Lipinski definition) is 0. The smallest absolute Gasteiger partial charge is 0.136 e. The highest BCUT2D eigenvalue weighted by atomic mass is 16.3. The summed E-state index contributed by atoms with van der Waals surface area (Å²) >= 11 is 0. The van der Waals surface area contributed by atoms with Crippen LogP contribution in [-0.4, -0.2) is 4.98 Å². The van der Waals surface area contributed by atoms with Gasteiger partial charge in [-0.05, 0) is 115 Å². The zero-order valence-electron chi connectivity index (χ0n) is 31.8. The van der Waals surface area contributed by atoms with Crippen molar-refractivity contribution in [2.75, 3.05) is 4.90 Å². The minimum Gasteiger partial charge on any atom is -0.456 e. The van der Waals surface area contributed by atoms with Crippen LogP contribution in [0.3, 0.4) is 0 Å². The van der Waals surface area contributed by atoms with Gasteiger partial charge in [-0.25, -0.2) is 0 Å². The van der Waals surface area contributed by atoms with Crippen LogP contribution < -0.4 is 4.90 Å². The Morgan fingerprint density at radius 3 is 1.82 bits per heavy atom. The molecule has 8 aromatic carbocycles. The topological polar surface area (TPSA) is 29.3 Å². The third-order valence-electron chi connectivity index (χ3n) is 12.0. The molecular weight excluding hydrogens is 693 g/mol. The highest BCUT2D eigenvalue weighted by Gasteiger charge is 2.35. The van der Waals surface area contributed by atoms with Gasteiger partial charge in [0.25, 0.3) is 0 Å². The lowest BCUT2D eigenvalue weighted by Crippen LogP contribution is -2.16. The van der Waals surface area contributed by atoms with E-state index in [4.69, 9.17) is 4.42 Å². The summed E-state index contributed by atoms with van der Waals surface area (Å²) in [4.78, 5) is 6.81. The van der Waals surface area contributed by atoms with Gasteiger partial charge in [-0.15, -0.1) is 0 Å². The number of hydrogen-bond acceptors (Lipinski definition) is 3. The van der Waals surface area contributed by atoms with Crippen molar-refractivity contribution in [1.29, 1.82) is 0 Å². The number of nitrogens with zero attached hydrogens (tertiary/aromatic N) is 2. The SMILES string of the molecule is CC1(C)c2ccccc2-c2ccc(N(c3ccc(-c4ccccc4)cc3)c3ccc(-c4cc5oc6cccc(-c7cccnc7)c6c5c5ccccc45)cc3)cc21. The van der Waals surface area contributed by atoms with E-state index >= 15 is 0 Å². The summed E-state index contributed by atoms with van der Waals surface area (Å²) in [5, 5.41) is 4.61. The Morgan fingerprint density at radius 2 is 1.05 bits per heavy atom. The average Bonchev–Trinajstić information content (AvgIpc) is 3.76. The number of aromatic nitrogens is 1. The zero-order valence-corrected chi connectivity index (χ0v) is 31.8. The molecule has 0 fully saturated rings. The van der Waals surface area contributed by atoms with Crippen molar-refractivity contribution in [2.24, 2.45) is 0 Å². The van der Waals surface area contributed by atoms with Gasteiger partial charge < -0.3 is 9.32 Å². The highest BCUT2D eigenvalue weighted by Crippen LogP contribution is 2.51. The van der Waals surface area contributed by atoms with Crippen LogP contribution in [0, 0.1) is 0 Å². The lowest BCUT2D eigenvalue weighted by Gasteiger charge is -2.28. The van der Waals surface area contributed by atoms with E-state index in [2.05, 4.69) is 200 Å². The van der Waals surface area contributed by atoms with E-state index in [9.17, 15) is 0 Å². The number of anilines is 3. The van der Waals surface area contributed by atoms with E-state index in [1.807, 2.05) is 18.5 Å². The Labute approximate surface area is 332 Å². The monoisotopic (exact) mass is 730 g/mol. The normalized spacial score (nSPS) is 12.9. The van der Waals surface area contributed by atoms with Crippen molar-refractivity contribution < 1.29 is 4.42 Å². The third kappa shape index (κ3) is 5.31. The fourth-order valence-electron chi connectivity index (χ4n) is 9.18. The van der Waals surface area contributed by atoms with Gasteiger partial charge in [-0.3, -0.25) is 4.98 Å². The maximum absolute atomic E-state index is 6.65. The number of fused-ring (bicyclic) bond motifs is 8. The number of furan rings is 1. The molecule has 0 saturated carbocycles. The Morgan fingerprint density at radius 1 is 0.421 bits per heavy atom. The average molecular weight is 731 g/mol. The lowest BCUT2D eigenvalue weighted by atomic mass is 9.82. The van der Waals surface area contributed by atoms with Gasteiger partial charge in [0, 0.05) is 51.2 Å². The first-order valence-electron chi connectivity index (χ1n) is 19.6. The second-order valence-electron chi connectivity index (χ2n) is 15.6. The molecule has 0 spiro atoms. The van der Waals surface area contributed by atoms with E-state index in [1.54, 1.807) is 0 Å². The lowest BCUT2D eigenvalue weighted by molar-refractivity contribution is 0.660. The summed E-state index contributed by atoms with van der Waals surface area (Å²) in [5.41, 5.74) is 17.2. The molecule has 0 bridgehead atoms. The second-order valence-corrected chi connectivity index (χ2v) is 15.6. The molecule has 1 aliphatic carbocycles. The fourth-order valence-corrected chi connectivity index (χ4v) is 9.18. The van der Waals surface area contributed by atoms with E-state index in [1.165, 1.54) is 44.2 Å². The molecule has 2 heterocycles. The molecule has 0 saturated heterocycles. The highest BCUT2D eigenvalue weighted by molar-refractivity contribution is 6.25. The molecule has 57 heavy (non-hydrogen) atoms. The number of rotatable bonds is 6. The Hall–Kier alpha value is -7.23. The van der Waals surface area contributed by atoms with Crippen LogP contribution in [0.15, 0.2) is 199 Å². The Bertz CT molecular complexity index is 3120. The molecule has 270 valence electrons. The summed E-state index contributed by atoms with van der Waals surface area (Å²) in [7, 11) is 0. The largest absolute Gasteiger partial charge is 0.456 e. The first kappa shape index (κ1) is 33.1. The van der Waals surface area contributed by atoms with E-state index in [0.29, 0.717) is 0 Å².